The van der Waals surface area contributed by atoms with Gasteiger partial charge in [0.15, 0.2) is 5.82 Å². The van der Waals surface area contributed by atoms with E-state index < -0.39 is 22.7 Å². The fourth-order valence-electron chi connectivity index (χ4n) is 2.98. The van der Waals surface area contributed by atoms with E-state index in [9.17, 15) is 21.6 Å². The monoisotopic (exact) mass is 490 g/mol. The van der Waals surface area contributed by atoms with Crippen molar-refractivity contribution in [3.63, 3.8) is 0 Å². The van der Waals surface area contributed by atoms with Gasteiger partial charge in [0.05, 0.1) is 28.5 Å². The first-order valence-corrected chi connectivity index (χ1v) is 11.3. The maximum Gasteiger partial charge on any atom is 0.405 e. The molecule has 1 aromatic carbocycles. The summed E-state index contributed by atoms with van der Waals surface area (Å²) in [6, 6.07) is 10.7. The van der Waals surface area contributed by atoms with Gasteiger partial charge in [-0.2, -0.15) is 28.4 Å². The number of primary sulfonamides is 1. The molecule has 0 aliphatic rings. The second kappa shape index (κ2) is 9.15. The standard InChI is InChI=1S/C20H17F3N8O2S/c21-20(22,23)11-26-18-17-16(6-5-15(29-17)13-7-8-27-28-10-13)30-19(31-18)25-9-12-1-3-14(4-2-12)34(24,32)33/h1-8,10H,9,11H2,(H2,24,32,33)(H2,25,26,30,31). The normalized spacial score (nSPS) is 12.0. The third kappa shape index (κ3) is 5.71. The van der Waals surface area contributed by atoms with Gasteiger partial charge in [-0.25, -0.2) is 23.5 Å². The van der Waals surface area contributed by atoms with Crippen LogP contribution >= 0.6 is 0 Å². The van der Waals surface area contributed by atoms with Gasteiger partial charge in [-0.3, -0.25) is 0 Å². The van der Waals surface area contributed by atoms with E-state index in [0.717, 1.165) is 0 Å². The number of nitrogens with one attached hydrogen (secondary N) is 2. The maximum absolute atomic E-state index is 12.9. The van der Waals surface area contributed by atoms with Gasteiger partial charge in [-0.1, -0.05) is 12.1 Å². The molecule has 3 aromatic heterocycles. The van der Waals surface area contributed by atoms with E-state index in [2.05, 4.69) is 35.8 Å². The zero-order valence-corrected chi connectivity index (χ0v) is 18.1. The van der Waals surface area contributed by atoms with Crippen LogP contribution in [0.25, 0.3) is 22.3 Å². The Kier molecular flexibility index (Phi) is 6.26. The number of benzene rings is 1. The first-order valence-electron chi connectivity index (χ1n) is 9.71. The summed E-state index contributed by atoms with van der Waals surface area (Å²) in [5.74, 6) is -0.0360. The lowest BCUT2D eigenvalue weighted by Gasteiger charge is -2.13. The van der Waals surface area contributed by atoms with Gasteiger partial charge in [0.1, 0.15) is 12.1 Å². The Morgan fingerprint density at radius 2 is 1.68 bits per heavy atom. The molecule has 10 nitrogen and oxygen atoms in total. The molecule has 0 atom stereocenters. The lowest BCUT2D eigenvalue weighted by atomic mass is 10.2. The topological polar surface area (TPSA) is 149 Å². The second-order valence-corrected chi connectivity index (χ2v) is 8.66. The van der Waals surface area contributed by atoms with E-state index in [4.69, 9.17) is 5.14 Å². The third-order valence-corrected chi connectivity index (χ3v) is 5.51. The van der Waals surface area contributed by atoms with E-state index >= 15 is 0 Å². The smallest absolute Gasteiger partial charge is 0.359 e. The second-order valence-electron chi connectivity index (χ2n) is 7.10. The van der Waals surface area contributed by atoms with Crippen molar-refractivity contribution in [2.45, 2.75) is 17.6 Å². The number of aromatic nitrogens is 5. The summed E-state index contributed by atoms with van der Waals surface area (Å²) in [5, 5.41) is 17.8. The van der Waals surface area contributed by atoms with Crippen molar-refractivity contribution < 1.29 is 21.6 Å². The van der Waals surface area contributed by atoms with E-state index in [-0.39, 0.29) is 28.7 Å². The van der Waals surface area contributed by atoms with Gasteiger partial charge in [-0.15, -0.1) is 0 Å². The number of nitrogens with two attached hydrogens (primary N) is 1. The molecule has 0 saturated carbocycles. The number of rotatable bonds is 7. The van der Waals surface area contributed by atoms with Gasteiger partial charge in [0, 0.05) is 12.1 Å². The van der Waals surface area contributed by atoms with Crippen molar-refractivity contribution in [2.75, 3.05) is 17.2 Å². The molecule has 0 aliphatic heterocycles. The number of pyridine rings is 1. The maximum atomic E-state index is 12.9. The molecule has 0 radical (unpaired) electrons. The fraction of sp³-hybridized carbons (Fsp3) is 0.150. The van der Waals surface area contributed by atoms with Crippen molar-refractivity contribution >= 4 is 32.8 Å². The van der Waals surface area contributed by atoms with Crippen LogP contribution < -0.4 is 15.8 Å². The largest absolute Gasteiger partial charge is 0.405 e. The van der Waals surface area contributed by atoms with E-state index in [0.29, 0.717) is 22.3 Å². The number of sulfonamides is 1. The van der Waals surface area contributed by atoms with Gasteiger partial charge in [-0.05, 0) is 35.9 Å². The van der Waals surface area contributed by atoms with Crippen LogP contribution in [0.3, 0.4) is 0 Å². The Morgan fingerprint density at radius 3 is 2.32 bits per heavy atom. The predicted octanol–water partition coefficient (Wildman–Crippen LogP) is 2.72. The number of fused-ring (bicyclic) bond motifs is 1. The minimum atomic E-state index is -4.47. The molecule has 0 spiro atoms. The van der Waals surface area contributed by atoms with E-state index in [1.54, 1.807) is 30.3 Å². The summed E-state index contributed by atoms with van der Waals surface area (Å²) < 4.78 is 61.3. The highest BCUT2D eigenvalue weighted by atomic mass is 32.2. The first kappa shape index (κ1) is 23.3. The van der Waals surface area contributed by atoms with Crippen LogP contribution in [0.1, 0.15) is 5.56 Å². The van der Waals surface area contributed by atoms with Crippen LogP contribution in [-0.2, 0) is 16.6 Å². The number of anilines is 2. The fourth-order valence-corrected chi connectivity index (χ4v) is 3.50. The molecule has 0 saturated heterocycles. The van der Waals surface area contributed by atoms with Crippen LogP contribution in [0.4, 0.5) is 24.9 Å². The Balaban J connectivity index is 1.64. The molecule has 0 fully saturated rings. The van der Waals surface area contributed by atoms with E-state index in [1.807, 2.05) is 0 Å². The summed E-state index contributed by atoms with van der Waals surface area (Å²) >= 11 is 0. The minimum absolute atomic E-state index is 0.0388. The molecule has 0 amide bonds. The summed E-state index contributed by atoms with van der Waals surface area (Å²) in [5.41, 5.74) is 2.25. The zero-order chi connectivity index (χ0) is 24.3. The van der Waals surface area contributed by atoms with Crippen molar-refractivity contribution in [3.05, 3.63) is 60.4 Å². The third-order valence-electron chi connectivity index (χ3n) is 4.58. The number of hydrogen-bond acceptors (Lipinski definition) is 9. The molecule has 4 rings (SSSR count). The highest BCUT2D eigenvalue weighted by Crippen LogP contribution is 2.26. The van der Waals surface area contributed by atoms with Crippen molar-refractivity contribution in [1.82, 2.24) is 25.1 Å². The molecule has 4 aromatic rings. The Labute approximate surface area is 191 Å². The Bertz CT molecular complexity index is 1420. The van der Waals surface area contributed by atoms with Crippen molar-refractivity contribution in [3.8, 4) is 11.3 Å². The van der Waals surface area contributed by atoms with Gasteiger partial charge >= 0.3 is 6.18 Å². The van der Waals surface area contributed by atoms with Crippen molar-refractivity contribution in [1.29, 1.82) is 0 Å². The number of alkyl halides is 3. The van der Waals surface area contributed by atoms with Crippen LogP contribution in [0.15, 0.2) is 59.8 Å². The molecule has 14 heteroatoms. The van der Waals surface area contributed by atoms with E-state index in [1.165, 1.54) is 24.5 Å². The summed E-state index contributed by atoms with van der Waals surface area (Å²) in [6.07, 6.45) is -1.51. The highest BCUT2D eigenvalue weighted by molar-refractivity contribution is 7.89. The van der Waals surface area contributed by atoms with Gasteiger partial charge < -0.3 is 10.6 Å². The lowest BCUT2D eigenvalue weighted by molar-refractivity contribution is -0.115. The zero-order valence-electron chi connectivity index (χ0n) is 17.3. The SMILES string of the molecule is NS(=O)(=O)c1ccc(CNc2nc(NCC(F)(F)F)c3nc(-c4ccnnc4)ccc3n2)cc1. The molecule has 4 N–H and O–H groups in total. The number of nitrogens with zero attached hydrogens (tertiary/aromatic N) is 5. The Hall–Kier alpha value is -3.91. The van der Waals surface area contributed by atoms with Gasteiger partial charge in [0.2, 0.25) is 16.0 Å². The molecule has 0 aliphatic carbocycles. The number of halogens is 3. The predicted molar refractivity (Wildman–Crippen MR) is 118 cm³/mol. The molecule has 0 bridgehead atoms. The minimum Gasteiger partial charge on any atom is -0.359 e. The first-order chi connectivity index (χ1) is 16.1. The molecule has 3 heterocycles. The number of hydrogen-bond donors (Lipinski definition) is 3. The highest BCUT2D eigenvalue weighted by Gasteiger charge is 2.27. The molecule has 34 heavy (non-hydrogen) atoms. The van der Waals surface area contributed by atoms with Crippen LogP contribution in [-0.4, -0.2) is 46.3 Å². The van der Waals surface area contributed by atoms with Crippen molar-refractivity contribution in [2.24, 2.45) is 5.14 Å². The average molecular weight is 490 g/mol. The molecule has 0 unspecified atom stereocenters. The summed E-state index contributed by atoms with van der Waals surface area (Å²) in [6.45, 7) is -1.13. The van der Waals surface area contributed by atoms with Crippen LogP contribution in [0.2, 0.25) is 0 Å². The summed E-state index contributed by atoms with van der Waals surface area (Å²) in [4.78, 5) is 12.9. The summed E-state index contributed by atoms with van der Waals surface area (Å²) in [7, 11) is -3.82. The van der Waals surface area contributed by atoms with Crippen LogP contribution in [0.5, 0.6) is 0 Å². The van der Waals surface area contributed by atoms with Crippen LogP contribution in [0, 0.1) is 0 Å². The van der Waals surface area contributed by atoms with Gasteiger partial charge in [0.25, 0.3) is 0 Å². The quantitative estimate of drug-likeness (QED) is 0.355. The molecular formula is C20H17F3N8O2S. The molecular weight excluding hydrogens is 473 g/mol. The average Bonchev–Trinajstić information content (AvgIpc) is 2.80. The lowest BCUT2D eigenvalue weighted by Crippen LogP contribution is -2.22. The Morgan fingerprint density at radius 1 is 0.912 bits per heavy atom. The molecule has 176 valence electrons.